The van der Waals surface area contributed by atoms with Gasteiger partial charge in [0.15, 0.2) is 0 Å². The fourth-order valence-corrected chi connectivity index (χ4v) is 3.86. The van der Waals surface area contributed by atoms with Gasteiger partial charge in [0, 0.05) is 43.5 Å². The van der Waals surface area contributed by atoms with Crippen LogP contribution in [-0.4, -0.2) is 53.1 Å². The Hall–Kier alpha value is -2.25. The number of carbonyl (C=O) groups excluding carboxylic acids is 1. The smallest absolute Gasteiger partial charge is 0.271 e. The van der Waals surface area contributed by atoms with Crippen LogP contribution in [0, 0.1) is 11.8 Å². The number of piperidine rings is 1. The maximum atomic E-state index is 12.1. The van der Waals surface area contributed by atoms with Crippen LogP contribution in [0.4, 0.5) is 0 Å². The van der Waals surface area contributed by atoms with Crippen molar-refractivity contribution in [3.63, 3.8) is 0 Å². The fourth-order valence-electron chi connectivity index (χ4n) is 3.86. The minimum atomic E-state index is -0.197. The molecule has 1 amide bonds. The molecule has 0 aromatic carbocycles. The second-order valence-electron chi connectivity index (χ2n) is 6.75. The summed E-state index contributed by atoms with van der Waals surface area (Å²) >= 11 is 0. The lowest BCUT2D eigenvalue weighted by Crippen LogP contribution is -2.43. The van der Waals surface area contributed by atoms with E-state index >= 15 is 0 Å². The molecule has 132 valence electrons. The summed E-state index contributed by atoms with van der Waals surface area (Å²) in [6, 6.07) is 2.02. The lowest BCUT2D eigenvalue weighted by atomic mass is 9.84. The van der Waals surface area contributed by atoms with Gasteiger partial charge in [-0.25, -0.2) is 4.98 Å². The molecule has 2 aliphatic heterocycles. The Morgan fingerprint density at radius 2 is 2.36 bits per heavy atom. The summed E-state index contributed by atoms with van der Waals surface area (Å²) in [7, 11) is 0. The molecule has 2 aliphatic rings. The van der Waals surface area contributed by atoms with Crippen molar-refractivity contribution in [1.29, 1.82) is 0 Å². The molecule has 0 aliphatic carbocycles. The van der Waals surface area contributed by atoms with E-state index in [2.05, 4.69) is 20.2 Å². The molecule has 25 heavy (non-hydrogen) atoms. The molecule has 0 spiro atoms. The second-order valence-corrected chi connectivity index (χ2v) is 6.75. The Labute approximate surface area is 146 Å². The lowest BCUT2D eigenvalue weighted by Gasteiger charge is -2.35. The summed E-state index contributed by atoms with van der Waals surface area (Å²) in [4.78, 5) is 22.5. The van der Waals surface area contributed by atoms with Crippen LogP contribution in [0.25, 0.3) is 0 Å². The number of ether oxygens (including phenoxy) is 1. The molecule has 0 saturated carbocycles. The third-order valence-electron chi connectivity index (χ3n) is 5.12. The molecule has 1 N–H and O–H groups in total. The predicted molar refractivity (Wildman–Crippen MR) is 89.7 cm³/mol. The normalized spacial score (nSPS) is 26.3. The molecule has 7 heteroatoms. The van der Waals surface area contributed by atoms with E-state index in [9.17, 15) is 4.79 Å². The summed E-state index contributed by atoms with van der Waals surface area (Å²) in [5.74, 6) is 0.833. The molecule has 4 heterocycles. The molecule has 0 bridgehead atoms. The zero-order chi connectivity index (χ0) is 17.1. The average molecular weight is 342 g/mol. The van der Waals surface area contributed by atoms with Gasteiger partial charge in [0.25, 0.3) is 5.91 Å². The number of amides is 1. The van der Waals surface area contributed by atoms with Gasteiger partial charge >= 0.3 is 0 Å². The van der Waals surface area contributed by atoms with E-state index in [0.717, 1.165) is 32.7 Å². The summed E-state index contributed by atoms with van der Waals surface area (Å²) in [6.45, 7) is 4.29. The molecule has 2 fully saturated rings. The summed E-state index contributed by atoms with van der Waals surface area (Å²) < 4.78 is 11.1. The van der Waals surface area contributed by atoms with Crippen LogP contribution in [-0.2, 0) is 11.3 Å². The van der Waals surface area contributed by atoms with Crippen LogP contribution in [0.15, 0.2) is 41.6 Å². The minimum absolute atomic E-state index is 0.0849. The molecule has 0 unspecified atom stereocenters. The topological polar surface area (TPSA) is 80.5 Å². The molecular formula is C18H22N4O3. The lowest BCUT2D eigenvalue weighted by molar-refractivity contribution is 0.0740. The zero-order valence-electron chi connectivity index (χ0n) is 14.0. The van der Waals surface area contributed by atoms with Crippen molar-refractivity contribution >= 4 is 5.91 Å². The van der Waals surface area contributed by atoms with Gasteiger partial charge in [0.05, 0.1) is 31.4 Å². The number of furan rings is 1. The highest BCUT2D eigenvalue weighted by atomic mass is 16.5. The fraction of sp³-hybridized carbons (Fsp3) is 0.500. The number of aromatic nitrogens is 2. The maximum Gasteiger partial charge on any atom is 0.271 e. The largest absolute Gasteiger partial charge is 0.472 e. The predicted octanol–water partition coefficient (Wildman–Crippen LogP) is 1.34. The number of fused-ring (bicyclic) bond motifs is 1. The van der Waals surface area contributed by atoms with Crippen molar-refractivity contribution < 1.29 is 13.9 Å². The number of hydrogen-bond donors (Lipinski definition) is 1. The highest BCUT2D eigenvalue weighted by Crippen LogP contribution is 2.34. The van der Waals surface area contributed by atoms with Crippen LogP contribution < -0.4 is 5.32 Å². The van der Waals surface area contributed by atoms with Crippen molar-refractivity contribution in [1.82, 2.24) is 20.2 Å². The van der Waals surface area contributed by atoms with Gasteiger partial charge in [-0.05, 0) is 24.9 Å². The second kappa shape index (κ2) is 7.33. The SMILES string of the molecule is O=C(NC[C@H]1OC[C@@H]2CN(Cc3ccoc3)CC[C@@H]21)c1cnccn1. The maximum absolute atomic E-state index is 12.1. The molecule has 2 aromatic heterocycles. The van der Waals surface area contributed by atoms with Crippen molar-refractivity contribution in [2.75, 3.05) is 26.2 Å². The number of hydrogen-bond acceptors (Lipinski definition) is 6. The van der Waals surface area contributed by atoms with E-state index < -0.39 is 0 Å². The van der Waals surface area contributed by atoms with E-state index in [0.29, 0.717) is 24.1 Å². The van der Waals surface area contributed by atoms with Gasteiger partial charge in [-0.2, -0.15) is 0 Å². The van der Waals surface area contributed by atoms with E-state index in [4.69, 9.17) is 9.15 Å². The first-order chi connectivity index (χ1) is 12.3. The van der Waals surface area contributed by atoms with Crippen LogP contribution in [0.2, 0.25) is 0 Å². The number of likely N-dealkylation sites (tertiary alicyclic amines) is 1. The van der Waals surface area contributed by atoms with E-state index in [1.54, 1.807) is 12.5 Å². The van der Waals surface area contributed by atoms with Crippen LogP contribution in [0.3, 0.4) is 0 Å². The van der Waals surface area contributed by atoms with Gasteiger partial charge in [-0.15, -0.1) is 0 Å². The molecule has 0 radical (unpaired) electrons. The van der Waals surface area contributed by atoms with Crippen molar-refractivity contribution in [2.24, 2.45) is 11.8 Å². The summed E-state index contributed by atoms with van der Waals surface area (Å²) in [5, 5.41) is 2.93. The molecule has 2 aromatic rings. The van der Waals surface area contributed by atoms with Gasteiger partial charge in [-0.3, -0.25) is 14.7 Å². The molecule has 7 nitrogen and oxygen atoms in total. The van der Waals surface area contributed by atoms with Crippen LogP contribution >= 0.6 is 0 Å². The Bertz CT molecular complexity index is 692. The Morgan fingerprint density at radius 1 is 1.40 bits per heavy atom. The van der Waals surface area contributed by atoms with E-state index in [-0.39, 0.29) is 12.0 Å². The number of carbonyl (C=O) groups is 1. The summed E-state index contributed by atoms with van der Waals surface area (Å²) in [5.41, 5.74) is 1.55. The average Bonchev–Trinajstić information content (AvgIpc) is 3.30. The first-order valence-electron chi connectivity index (χ1n) is 8.69. The number of rotatable bonds is 5. The van der Waals surface area contributed by atoms with Gasteiger partial charge in [0.1, 0.15) is 5.69 Å². The summed E-state index contributed by atoms with van der Waals surface area (Å²) in [6.07, 6.45) is 9.25. The number of nitrogens with one attached hydrogen (secondary N) is 1. The standard InChI is InChI=1S/C18H22N4O3/c23-18(16-7-19-3-4-20-16)21-8-17-15-1-5-22(10-14(15)12-25-17)9-13-2-6-24-11-13/h2-4,6-7,11,14-15,17H,1,5,8-10,12H2,(H,21,23)/t14-,15-,17+/m0/s1. The highest BCUT2D eigenvalue weighted by molar-refractivity contribution is 5.91. The molecule has 3 atom stereocenters. The third kappa shape index (κ3) is 3.72. The van der Waals surface area contributed by atoms with Gasteiger partial charge in [-0.1, -0.05) is 0 Å². The minimum Gasteiger partial charge on any atom is -0.472 e. The first-order valence-corrected chi connectivity index (χ1v) is 8.69. The van der Waals surface area contributed by atoms with Gasteiger partial charge < -0.3 is 14.5 Å². The molecule has 2 saturated heterocycles. The van der Waals surface area contributed by atoms with E-state index in [1.807, 2.05) is 12.3 Å². The Morgan fingerprint density at radius 3 is 3.16 bits per heavy atom. The zero-order valence-corrected chi connectivity index (χ0v) is 14.0. The van der Waals surface area contributed by atoms with Crippen LogP contribution in [0.5, 0.6) is 0 Å². The Balaban J connectivity index is 1.28. The van der Waals surface area contributed by atoms with Crippen LogP contribution in [0.1, 0.15) is 22.5 Å². The highest BCUT2D eigenvalue weighted by Gasteiger charge is 2.40. The van der Waals surface area contributed by atoms with Crippen molar-refractivity contribution in [2.45, 2.75) is 19.1 Å². The number of nitrogens with zero attached hydrogens (tertiary/aromatic N) is 3. The third-order valence-corrected chi connectivity index (χ3v) is 5.12. The quantitative estimate of drug-likeness (QED) is 0.883. The Kier molecular flexibility index (Phi) is 4.76. The first kappa shape index (κ1) is 16.2. The monoisotopic (exact) mass is 342 g/mol. The molecular weight excluding hydrogens is 320 g/mol. The van der Waals surface area contributed by atoms with E-state index in [1.165, 1.54) is 18.0 Å². The van der Waals surface area contributed by atoms with Gasteiger partial charge in [0.2, 0.25) is 0 Å². The van der Waals surface area contributed by atoms with Crippen molar-refractivity contribution in [3.05, 3.63) is 48.4 Å². The molecule has 4 rings (SSSR count). The van der Waals surface area contributed by atoms with Crippen molar-refractivity contribution in [3.8, 4) is 0 Å².